The summed E-state index contributed by atoms with van der Waals surface area (Å²) in [5.41, 5.74) is 0.993. The van der Waals surface area contributed by atoms with Gasteiger partial charge in [-0.3, -0.25) is 0 Å². The molecular weight excluding hydrogens is 285 g/mol. The molecule has 3 nitrogen and oxygen atoms in total. The third-order valence-corrected chi connectivity index (χ3v) is 4.00. The van der Waals surface area contributed by atoms with Crippen molar-refractivity contribution in [1.82, 2.24) is 5.32 Å². The molecular formula is C14H19Cl2NO2. The van der Waals surface area contributed by atoms with Gasteiger partial charge in [0.05, 0.1) is 22.8 Å². The van der Waals surface area contributed by atoms with Crippen molar-refractivity contribution < 1.29 is 9.47 Å². The molecule has 0 saturated carbocycles. The second-order valence-corrected chi connectivity index (χ2v) is 6.01. The Hall–Kier alpha value is -0.320. The number of nitrogens with one attached hydrogen (secondary N) is 1. The van der Waals surface area contributed by atoms with Gasteiger partial charge in [0.25, 0.3) is 0 Å². The molecule has 19 heavy (non-hydrogen) atoms. The Bertz CT molecular complexity index is 451. The lowest BCUT2D eigenvalue weighted by atomic mass is 10.1. The predicted molar refractivity (Wildman–Crippen MR) is 77.8 cm³/mol. The Balaban J connectivity index is 1.91. The Morgan fingerprint density at radius 1 is 1.42 bits per heavy atom. The maximum Gasteiger partial charge on any atom is 0.163 e. The highest BCUT2D eigenvalue weighted by atomic mass is 35.5. The molecule has 2 rings (SSSR count). The lowest BCUT2D eigenvalue weighted by Gasteiger charge is -2.20. The number of hydrogen-bond donors (Lipinski definition) is 1. The van der Waals surface area contributed by atoms with Crippen molar-refractivity contribution in [3.63, 3.8) is 0 Å². The van der Waals surface area contributed by atoms with E-state index in [0.717, 1.165) is 5.56 Å². The van der Waals surface area contributed by atoms with E-state index in [1.54, 1.807) is 6.07 Å². The molecule has 1 fully saturated rings. The molecule has 2 atom stereocenters. The molecule has 1 aliphatic heterocycles. The van der Waals surface area contributed by atoms with E-state index in [-0.39, 0.29) is 12.1 Å². The fourth-order valence-electron chi connectivity index (χ4n) is 2.14. The summed E-state index contributed by atoms with van der Waals surface area (Å²) in [6.45, 7) is 7.22. The zero-order valence-electron chi connectivity index (χ0n) is 11.4. The molecule has 0 aromatic heterocycles. The Morgan fingerprint density at radius 2 is 2.16 bits per heavy atom. The molecule has 0 amide bonds. The van der Waals surface area contributed by atoms with Gasteiger partial charge in [0, 0.05) is 12.6 Å². The first kappa shape index (κ1) is 15.1. The van der Waals surface area contributed by atoms with Crippen LogP contribution in [0.4, 0.5) is 0 Å². The molecule has 1 aromatic rings. The minimum atomic E-state index is -0.483. The summed E-state index contributed by atoms with van der Waals surface area (Å²) in [6.07, 6.45) is 0.0652. The first-order valence-electron chi connectivity index (χ1n) is 6.38. The van der Waals surface area contributed by atoms with Crippen LogP contribution in [0.15, 0.2) is 18.2 Å². The van der Waals surface area contributed by atoms with E-state index in [1.807, 2.05) is 26.0 Å². The standard InChI is InChI=1S/C14H19Cl2NO2/c1-9(11-5-4-6-12(15)13(11)16)17-7-10-8-18-14(2,3)19-10/h4-6,9-10,17H,7-8H2,1-3H3. The third-order valence-electron chi connectivity index (χ3n) is 3.17. The lowest BCUT2D eigenvalue weighted by molar-refractivity contribution is -0.137. The molecule has 1 heterocycles. The summed E-state index contributed by atoms with van der Waals surface area (Å²) in [6, 6.07) is 5.77. The fraction of sp³-hybridized carbons (Fsp3) is 0.571. The second kappa shape index (κ2) is 5.98. The lowest BCUT2D eigenvalue weighted by Crippen LogP contribution is -2.32. The molecule has 1 aliphatic rings. The molecule has 0 bridgehead atoms. The highest BCUT2D eigenvalue weighted by Crippen LogP contribution is 2.30. The molecule has 0 spiro atoms. The summed E-state index contributed by atoms with van der Waals surface area (Å²) < 4.78 is 11.3. The van der Waals surface area contributed by atoms with Gasteiger partial charge in [-0.1, -0.05) is 35.3 Å². The minimum absolute atomic E-state index is 0.0652. The normalized spacial score (nSPS) is 23.5. The molecule has 5 heteroatoms. The van der Waals surface area contributed by atoms with Crippen molar-refractivity contribution in [2.75, 3.05) is 13.2 Å². The average Bonchev–Trinajstić information content (AvgIpc) is 2.69. The summed E-state index contributed by atoms with van der Waals surface area (Å²) in [5, 5.41) is 4.58. The van der Waals surface area contributed by atoms with E-state index < -0.39 is 5.79 Å². The number of hydrogen-bond acceptors (Lipinski definition) is 3. The minimum Gasteiger partial charge on any atom is -0.348 e. The van der Waals surface area contributed by atoms with Crippen LogP contribution in [0.2, 0.25) is 10.0 Å². The molecule has 0 aliphatic carbocycles. The number of ether oxygens (including phenoxy) is 2. The van der Waals surface area contributed by atoms with E-state index in [4.69, 9.17) is 32.7 Å². The maximum absolute atomic E-state index is 6.20. The van der Waals surface area contributed by atoms with E-state index in [2.05, 4.69) is 12.2 Å². The Kier molecular flexibility index (Phi) is 4.75. The summed E-state index contributed by atoms with van der Waals surface area (Å²) >= 11 is 12.2. The van der Waals surface area contributed by atoms with Crippen molar-refractivity contribution >= 4 is 23.2 Å². The van der Waals surface area contributed by atoms with Crippen LogP contribution in [0.5, 0.6) is 0 Å². The van der Waals surface area contributed by atoms with E-state index in [1.165, 1.54) is 0 Å². The zero-order chi connectivity index (χ0) is 14.0. The molecule has 1 N–H and O–H groups in total. The van der Waals surface area contributed by atoms with Crippen LogP contribution < -0.4 is 5.32 Å². The quantitative estimate of drug-likeness (QED) is 0.918. The summed E-state index contributed by atoms with van der Waals surface area (Å²) in [5.74, 6) is -0.483. The third kappa shape index (κ3) is 3.83. The Morgan fingerprint density at radius 3 is 2.79 bits per heavy atom. The van der Waals surface area contributed by atoms with Gasteiger partial charge in [-0.15, -0.1) is 0 Å². The molecule has 1 aromatic carbocycles. The van der Waals surface area contributed by atoms with Gasteiger partial charge in [0.15, 0.2) is 5.79 Å². The van der Waals surface area contributed by atoms with Crippen molar-refractivity contribution in [1.29, 1.82) is 0 Å². The van der Waals surface area contributed by atoms with Crippen molar-refractivity contribution in [2.45, 2.75) is 38.7 Å². The molecule has 106 valence electrons. The first-order chi connectivity index (χ1) is 8.89. The summed E-state index contributed by atoms with van der Waals surface area (Å²) in [7, 11) is 0. The summed E-state index contributed by atoms with van der Waals surface area (Å²) in [4.78, 5) is 0. The predicted octanol–water partition coefficient (Wildman–Crippen LogP) is 3.80. The van der Waals surface area contributed by atoms with E-state index >= 15 is 0 Å². The van der Waals surface area contributed by atoms with Crippen LogP contribution in [0.25, 0.3) is 0 Å². The average molecular weight is 304 g/mol. The highest BCUT2D eigenvalue weighted by molar-refractivity contribution is 6.42. The van der Waals surface area contributed by atoms with E-state index in [0.29, 0.717) is 23.2 Å². The second-order valence-electron chi connectivity index (χ2n) is 5.22. The van der Waals surface area contributed by atoms with Crippen LogP contribution in [-0.4, -0.2) is 25.0 Å². The molecule has 1 saturated heterocycles. The van der Waals surface area contributed by atoms with Crippen LogP contribution in [-0.2, 0) is 9.47 Å². The van der Waals surface area contributed by atoms with Crippen molar-refractivity contribution in [3.05, 3.63) is 33.8 Å². The van der Waals surface area contributed by atoms with Crippen molar-refractivity contribution in [3.8, 4) is 0 Å². The zero-order valence-corrected chi connectivity index (χ0v) is 12.9. The number of rotatable bonds is 4. The van der Waals surface area contributed by atoms with Gasteiger partial charge >= 0.3 is 0 Å². The van der Waals surface area contributed by atoms with Crippen LogP contribution in [0.1, 0.15) is 32.4 Å². The largest absolute Gasteiger partial charge is 0.348 e. The Labute approximate surface area is 124 Å². The van der Waals surface area contributed by atoms with Gasteiger partial charge < -0.3 is 14.8 Å². The fourth-order valence-corrected chi connectivity index (χ4v) is 2.61. The topological polar surface area (TPSA) is 30.5 Å². The maximum atomic E-state index is 6.20. The van der Waals surface area contributed by atoms with Gasteiger partial charge in [-0.05, 0) is 32.4 Å². The van der Waals surface area contributed by atoms with Crippen LogP contribution in [0, 0.1) is 0 Å². The highest BCUT2D eigenvalue weighted by Gasteiger charge is 2.32. The number of halogens is 2. The van der Waals surface area contributed by atoms with E-state index in [9.17, 15) is 0 Å². The number of benzene rings is 1. The van der Waals surface area contributed by atoms with Gasteiger partial charge in [0.1, 0.15) is 0 Å². The van der Waals surface area contributed by atoms with Gasteiger partial charge in [-0.2, -0.15) is 0 Å². The van der Waals surface area contributed by atoms with Gasteiger partial charge in [-0.25, -0.2) is 0 Å². The monoisotopic (exact) mass is 303 g/mol. The first-order valence-corrected chi connectivity index (χ1v) is 7.14. The molecule has 2 unspecified atom stereocenters. The molecule has 0 radical (unpaired) electrons. The van der Waals surface area contributed by atoms with Crippen LogP contribution >= 0.6 is 23.2 Å². The van der Waals surface area contributed by atoms with Gasteiger partial charge in [0.2, 0.25) is 0 Å². The SMILES string of the molecule is CC(NCC1COC(C)(C)O1)c1cccc(Cl)c1Cl. The van der Waals surface area contributed by atoms with Crippen LogP contribution in [0.3, 0.4) is 0 Å². The smallest absolute Gasteiger partial charge is 0.163 e. The van der Waals surface area contributed by atoms with Crippen molar-refractivity contribution in [2.24, 2.45) is 0 Å².